The molecule has 2 saturated heterocycles. The lowest BCUT2D eigenvalue weighted by Gasteiger charge is -2.50. The van der Waals surface area contributed by atoms with Gasteiger partial charge >= 0.3 is 0 Å². The Bertz CT molecular complexity index is 981. The number of rotatable bonds is 5. The van der Waals surface area contributed by atoms with Crippen molar-refractivity contribution in [3.8, 4) is 0 Å². The van der Waals surface area contributed by atoms with E-state index in [2.05, 4.69) is 27.8 Å². The lowest BCUT2D eigenvalue weighted by Crippen LogP contribution is -2.60. The molecule has 0 aliphatic carbocycles. The molecule has 4 rings (SSSR count). The van der Waals surface area contributed by atoms with Crippen molar-refractivity contribution < 1.29 is 21.5 Å². The van der Waals surface area contributed by atoms with E-state index in [0.717, 1.165) is 10.9 Å². The molecule has 3 aliphatic heterocycles. The summed E-state index contributed by atoms with van der Waals surface area (Å²) in [6, 6.07) is 2.33. The first-order valence-electron chi connectivity index (χ1n) is 11.0. The summed E-state index contributed by atoms with van der Waals surface area (Å²) >= 11 is 3.45. The van der Waals surface area contributed by atoms with Crippen LogP contribution in [0.15, 0.2) is 33.2 Å². The number of nitrogens with zero attached hydrogens (tertiary/aromatic N) is 2. The Hall–Kier alpha value is -1.38. The number of halogens is 1. The first-order chi connectivity index (χ1) is 14.7. The van der Waals surface area contributed by atoms with E-state index >= 15 is 0 Å². The standard InChI is InChI=1S/C23H29BrN2O4/c1-3-13-10-26-6-5-23(30)21-14(11-27)7-15(24)8-18(21)25-22(23)19(26)9-17(13)16(4-2)20(29)12-28/h4,7-8,13,17,19,27-28,30H,3,5-6,9-12H2,1-2H3/b16-4+/t13-,17+,19+,23+/m1/s1/i19D. The minimum atomic E-state index is -1.41. The minimum Gasteiger partial charge on any atom is -0.392 e. The second-order valence-electron chi connectivity index (χ2n) is 8.38. The minimum absolute atomic E-state index is 0.179. The molecule has 6 nitrogen and oxygen atoms in total. The van der Waals surface area contributed by atoms with E-state index in [1.807, 2.05) is 6.07 Å². The van der Waals surface area contributed by atoms with Crippen molar-refractivity contribution in [3.05, 3.63) is 39.4 Å². The van der Waals surface area contributed by atoms with Gasteiger partial charge in [-0.05, 0) is 54.9 Å². The smallest absolute Gasteiger partial charge is 0.184 e. The number of Topliss-reactive ketones (excluding diaryl/α,β-unsaturated/α-hetero) is 1. The number of fused-ring (bicyclic) bond motifs is 5. The third kappa shape index (κ3) is 3.31. The first-order valence-corrected chi connectivity index (χ1v) is 11.3. The molecule has 30 heavy (non-hydrogen) atoms. The first kappa shape index (κ1) is 20.5. The van der Waals surface area contributed by atoms with Crippen molar-refractivity contribution in [2.75, 3.05) is 19.7 Å². The van der Waals surface area contributed by atoms with Crippen molar-refractivity contribution in [2.45, 2.75) is 51.3 Å². The van der Waals surface area contributed by atoms with Crippen molar-refractivity contribution >= 4 is 33.1 Å². The number of aliphatic hydroxyl groups excluding tert-OH is 2. The van der Waals surface area contributed by atoms with Crippen LogP contribution in [0.25, 0.3) is 0 Å². The number of carbonyl (C=O) groups is 1. The van der Waals surface area contributed by atoms with Crippen LogP contribution >= 0.6 is 15.9 Å². The molecule has 1 aromatic carbocycles. The quantitative estimate of drug-likeness (QED) is 0.566. The van der Waals surface area contributed by atoms with Crippen molar-refractivity contribution in [3.63, 3.8) is 0 Å². The molecular formula is C23H29BrN2O4. The Morgan fingerprint density at radius 2 is 2.23 bits per heavy atom. The predicted molar refractivity (Wildman–Crippen MR) is 119 cm³/mol. The van der Waals surface area contributed by atoms with Crippen LogP contribution in [0.4, 0.5) is 5.69 Å². The van der Waals surface area contributed by atoms with Crippen LogP contribution in [0, 0.1) is 11.8 Å². The topological polar surface area (TPSA) is 93.4 Å². The number of carbonyl (C=O) groups excluding carboxylic acids is 1. The molecule has 162 valence electrons. The number of hydrogen-bond acceptors (Lipinski definition) is 6. The molecule has 0 amide bonds. The van der Waals surface area contributed by atoms with E-state index in [1.54, 1.807) is 19.1 Å². The molecule has 0 radical (unpaired) electrons. The zero-order valence-corrected chi connectivity index (χ0v) is 18.9. The van der Waals surface area contributed by atoms with Gasteiger partial charge in [-0.3, -0.25) is 14.7 Å². The van der Waals surface area contributed by atoms with Crippen molar-refractivity contribution in [2.24, 2.45) is 16.8 Å². The molecular weight excluding hydrogens is 448 g/mol. The number of hydrogen-bond donors (Lipinski definition) is 3. The predicted octanol–water partition coefficient (Wildman–Crippen LogP) is 2.84. The van der Waals surface area contributed by atoms with Gasteiger partial charge in [-0.2, -0.15) is 0 Å². The maximum Gasteiger partial charge on any atom is 0.184 e. The van der Waals surface area contributed by atoms with E-state index in [4.69, 9.17) is 4.99 Å². The zero-order valence-electron chi connectivity index (χ0n) is 18.4. The fourth-order valence-electron chi connectivity index (χ4n) is 5.46. The number of ketones is 1. The van der Waals surface area contributed by atoms with Gasteiger partial charge in [0.2, 0.25) is 0 Å². The fourth-order valence-corrected chi connectivity index (χ4v) is 5.95. The van der Waals surface area contributed by atoms with Gasteiger partial charge in [0.05, 0.1) is 25.4 Å². The average molecular weight is 478 g/mol. The maximum absolute atomic E-state index is 12.5. The van der Waals surface area contributed by atoms with Crippen LogP contribution in [0.3, 0.4) is 0 Å². The summed E-state index contributed by atoms with van der Waals surface area (Å²) in [7, 11) is 0. The molecule has 3 N–H and O–H groups in total. The molecule has 0 bridgehead atoms. The summed E-state index contributed by atoms with van der Waals surface area (Å²) in [4.78, 5) is 19.3. The molecule has 2 fully saturated rings. The number of piperidine rings is 2. The Labute approximate surface area is 186 Å². The lowest BCUT2D eigenvalue weighted by atomic mass is 9.69. The van der Waals surface area contributed by atoms with Gasteiger partial charge < -0.3 is 15.3 Å². The highest BCUT2D eigenvalue weighted by atomic mass is 79.9. The molecule has 0 spiro atoms. The fraction of sp³-hybridized carbons (Fsp3) is 0.565. The van der Waals surface area contributed by atoms with E-state index in [9.17, 15) is 21.5 Å². The zero-order chi connectivity index (χ0) is 22.6. The Morgan fingerprint density at radius 1 is 1.47 bits per heavy atom. The molecule has 3 aliphatic rings. The van der Waals surface area contributed by atoms with Gasteiger partial charge in [0, 0.05) is 23.1 Å². The van der Waals surface area contributed by atoms with E-state index in [-0.39, 0.29) is 24.2 Å². The van der Waals surface area contributed by atoms with Gasteiger partial charge in [0.25, 0.3) is 0 Å². The second-order valence-corrected chi connectivity index (χ2v) is 9.30. The average Bonchev–Trinajstić information content (AvgIpc) is 3.06. The van der Waals surface area contributed by atoms with Gasteiger partial charge in [0.15, 0.2) is 5.78 Å². The second kappa shape index (κ2) is 8.28. The van der Waals surface area contributed by atoms with Gasteiger partial charge in [-0.25, -0.2) is 0 Å². The van der Waals surface area contributed by atoms with Crippen LogP contribution < -0.4 is 0 Å². The monoisotopic (exact) mass is 477 g/mol. The van der Waals surface area contributed by atoms with E-state index in [1.165, 1.54) is 0 Å². The van der Waals surface area contributed by atoms with E-state index < -0.39 is 18.2 Å². The third-order valence-corrected chi connectivity index (χ3v) is 7.37. The maximum atomic E-state index is 12.5. The number of benzene rings is 1. The van der Waals surface area contributed by atoms with Crippen LogP contribution in [0.2, 0.25) is 0 Å². The van der Waals surface area contributed by atoms with E-state index in [0.29, 0.717) is 54.0 Å². The van der Waals surface area contributed by atoms with Gasteiger partial charge in [-0.15, -0.1) is 0 Å². The number of aliphatic hydroxyl groups is 3. The molecule has 4 atom stereocenters. The summed E-state index contributed by atoms with van der Waals surface area (Å²) in [5.41, 5.74) is 1.30. The van der Waals surface area contributed by atoms with Gasteiger partial charge in [-0.1, -0.05) is 35.4 Å². The molecule has 1 aromatic rings. The van der Waals surface area contributed by atoms with Crippen LogP contribution in [0.5, 0.6) is 0 Å². The van der Waals surface area contributed by atoms with Crippen molar-refractivity contribution in [1.29, 1.82) is 0 Å². The normalized spacial score (nSPS) is 34.0. The highest BCUT2D eigenvalue weighted by Gasteiger charge is 2.53. The lowest BCUT2D eigenvalue weighted by molar-refractivity contribution is -0.119. The largest absolute Gasteiger partial charge is 0.392 e. The number of allylic oxidation sites excluding steroid dienone is 1. The van der Waals surface area contributed by atoms with Crippen LogP contribution in [-0.4, -0.2) is 57.4 Å². The summed E-state index contributed by atoms with van der Waals surface area (Å²) in [6.07, 6.45) is 3.33. The van der Waals surface area contributed by atoms with Crippen LogP contribution in [-0.2, 0) is 17.0 Å². The third-order valence-electron chi connectivity index (χ3n) is 6.91. The number of aliphatic imine (C=N–C) groups is 1. The Balaban J connectivity index is 1.81. The Kier molecular flexibility index (Phi) is 5.66. The molecule has 3 heterocycles. The Morgan fingerprint density at radius 3 is 2.87 bits per heavy atom. The molecule has 0 saturated carbocycles. The summed E-state index contributed by atoms with van der Waals surface area (Å²) < 4.78 is 10.3. The van der Waals surface area contributed by atoms with Crippen molar-refractivity contribution in [1.82, 2.24) is 4.90 Å². The van der Waals surface area contributed by atoms with Crippen LogP contribution in [0.1, 0.15) is 45.6 Å². The highest BCUT2D eigenvalue weighted by molar-refractivity contribution is 9.10. The molecule has 7 heteroatoms. The summed E-state index contributed by atoms with van der Waals surface area (Å²) in [5.74, 6) is -0.323. The molecule has 0 unspecified atom stereocenters. The summed E-state index contributed by atoms with van der Waals surface area (Å²) in [6.45, 7) is 4.26. The SMILES string of the molecule is [2H][C@@]12C[C@H](/C(=C\C)C(=O)CO)[C@H](CC)CN1CC[C@@]1(O)C2=Nc2cc(Br)cc(CO)c21. The molecule has 0 aromatic heterocycles. The van der Waals surface area contributed by atoms with Gasteiger partial charge in [0.1, 0.15) is 12.2 Å². The highest BCUT2D eigenvalue weighted by Crippen LogP contribution is 2.50. The summed E-state index contributed by atoms with van der Waals surface area (Å²) in [5, 5.41) is 31.2.